The van der Waals surface area contributed by atoms with Gasteiger partial charge in [-0.2, -0.15) is 0 Å². The number of allylic oxidation sites excluding steroid dienone is 1. The molecule has 0 radical (unpaired) electrons. The highest BCUT2D eigenvalue weighted by molar-refractivity contribution is 5.20. The Kier molecular flexibility index (Phi) is 5.74. The molecule has 5 rings (SSSR count). The molecule has 1 nitrogen and oxygen atoms in total. The molecule has 1 heterocycles. The maximum Gasteiger partial charge on any atom is 0.0919 e. The van der Waals surface area contributed by atoms with Gasteiger partial charge in [-0.25, -0.2) is 0 Å². The Morgan fingerprint density at radius 3 is 2.24 bits per heavy atom. The van der Waals surface area contributed by atoms with Crippen molar-refractivity contribution in [3.63, 3.8) is 0 Å². The van der Waals surface area contributed by atoms with Crippen LogP contribution in [-0.2, 0) is 4.74 Å². The minimum atomic E-state index is 0.374. The summed E-state index contributed by atoms with van der Waals surface area (Å²) in [4.78, 5) is 0. The molecule has 7 unspecified atom stereocenters. The summed E-state index contributed by atoms with van der Waals surface area (Å²) in [6.07, 6.45) is 12.9. The molecule has 7 atom stereocenters. The molecule has 1 heteroatoms. The average molecular weight is 347 g/mol. The Bertz CT molecular complexity index is 476. The molecule has 0 aromatic rings. The zero-order valence-corrected chi connectivity index (χ0v) is 17.6. The molecule has 0 aromatic heterocycles. The van der Waals surface area contributed by atoms with Crippen LogP contribution in [0.25, 0.3) is 0 Å². The van der Waals surface area contributed by atoms with Crippen molar-refractivity contribution in [2.75, 3.05) is 6.61 Å². The highest BCUT2D eigenvalue weighted by Crippen LogP contribution is 2.64. The molecule has 1 aliphatic heterocycles. The number of epoxide rings is 1. The zero-order chi connectivity index (χ0) is 18.2. The van der Waals surface area contributed by atoms with Gasteiger partial charge in [-0.3, -0.25) is 0 Å². The van der Waals surface area contributed by atoms with Crippen LogP contribution in [0.1, 0.15) is 92.4 Å². The number of fused-ring (bicyclic) bond motifs is 5. The van der Waals surface area contributed by atoms with E-state index in [2.05, 4.69) is 13.5 Å². The molecule has 0 N–H and O–H groups in total. The van der Waals surface area contributed by atoms with E-state index >= 15 is 0 Å². The monoisotopic (exact) mass is 346 g/mol. The van der Waals surface area contributed by atoms with E-state index in [4.69, 9.17) is 4.74 Å². The van der Waals surface area contributed by atoms with E-state index in [0.717, 1.165) is 36.2 Å². The maximum absolute atomic E-state index is 5.81. The van der Waals surface area contributed by atoms with Crippen molar-refractivity contribution in [3.05, 3.63) is 12.2 Å². The highest BCUT2D eigenvalue weighted by atomic mass is 16.6. The first-order valence-corrected chi connectivity index (χ1v) is 11.4. The van der Waals surface area contributed by atoms with Crippen LogP contribution in [0.5, 0.6) is 0 Å². The van der Waals surface area contributed by atoms with Crippen molar-refractivity contribution in [1.82, 2.24) is 0 Å². The molecule has 144 valence electrons. The van der Waals surface area contributed by atoms with Crippen molar-refractivity contribution in [1.29, 1.82) is 0 Å². The van der Waals surface area contributed by atoms with Gasteiger partial charge in [0.2, 0.25) is 0 Å². The molecule has 0 amide bonds. The summed E-state index contributed by atoms with van der Waals surface area (Å²) in [6, 6.07) is 0. The van der Waals surface area contributed by atoms with Crippen LogP contribution in [0, 0.1) is 35.0 Å². The summed E-state index contributed by atoms with van der Waals surface area (Å²) in [5.74, 6) is 5.08. The van der Waals surface area contributed by atoms with Crippen molar-refractivity contribution >= 4 is 0 Å². The predicted octanol–water partition coefficient (Wildman–Crippen LogP) is 7.02. The molecule has 25 heavy (non-hydrogen) atoms. The Balaban J connectivity index is 0.000000428. The van der Waals surface area contributed by atoms with E-state index in [1.807, 2.05) is 27.7 Å². The second-order valence-corrected chi connectivity index (χ2v) is 9.25. The lowest BCUT2D eigenvalue weighted by Crippen LogP contribution is -2.48. The van der Waals surface area contributed by atoms with E-state index in [1.165, 1.54) is 57.8 Å². The van der Waals surface area contributed by atoms with E-state index in [9.17, 15) is 0 Å². The van der Waals surface area contributed by atoms with Crippen molar-refractivity contribution in [2.24, 2.45) is 35.0 Å². The molecule has 5 aliphatic rings. The van der Waals surface area contributed by atoms with Crippen LogP contribution in [0.3, 0.4) is 0 Å². The Morgan fingerprint density at radius 2 is 1.56 bits per heavy atom. The SMILES string of the molecule is C=C1CCC2C3CCC4CC5(CCC4C3CCC12C)CO5.CC.CC. The molecule has 1 spiro atoms. The zero-order valence-electron chi connectivity index (χ0n) is 17.6. The number of rotatable bonds is 0. The molecular formula is C24H42O. The van der Waals surface area contributed by atoms with Crippen molar-refractivity contribution in [3.8, 4) is 0 Å². The first kappa shape index (κ1) is 19.5. The lowest BCUT2D eigenvalue weighted by atomic mass is 9.50. The van der Waals surface area contributed by atoms with E-state index < -0.39 is 0 Å². The summed E-state index contributed by atoms with van der Waals surface area (Å²) in [6.45, 7) is 16.1. The Labute approximate surface area is 157 Å². The maximum atomic E-state index is 5.81. The third-order valence-corrected chi connectivity index (χ3v) is 8.59. The fourth-order valence-electron chi connectivity index (χ4n) is 7.22. The van der Waals surface area contributed by atoms with E-state index in [1.54, 1.807) is 5.57 Å². The summed E-state index contributed by atoms with van der Waals surface area (Å²) >= 11 is 0. The largest absolute Gasteiger partial charge is 0.370 e. The quantitative estimate of drug-likeness (QED) is 0.339. The topological polar surface area (TPSA) is 12.5 Å². The summed E-state index contributed by atoms with van der Waals surface area (Å²) in [5.41, 5.74) is 2.46. The first-order chi connectivity index (χ1) is 12.1. The van der Waals surface area contributed by atoms with Crippen molar-refractivity contribution in [2.45, 2.75) is 98.0 Å². The van der Waals surface area contributed by atoms with E-state index in [0.29, 0.717) is 11.0 Å². The van der Waals surface area contributed by atoms with E-state index in [-0.39, 0.29) is 0 Å². The summed E-state index contributed by atoms with van der Waals surface area (Å²) in [7, 11) is 0. The third kappa shape index (κ3) is 3.13. The van der Waals surface area contributed by atoms with Crippen molar-refractivity contribution < 1.29 is 4.74 Å². The predicted molar refractivity (Wildman–Crippen MR) is 108 cm³/mol. The van der Waals surface area contributed by atoms with Gasteiger partial charge in [0.05, 0.1) is 12.2 Å². The van der Waals surface area contributed by atoms with Crippen LogP contribution in [-0.4, -0.2) is 12.2 Å². The van der Waals surface area contributed by atoms with Crippen LogP contribution in [0.2, 0.25) is 0 Å². The Morgan fingerprint density at radius 1 is 0.880 bits per heavy atom. The fraction of sp³-hybridized carbons (Fsp3) is 0.917. The summed E-state index contributed by atoms with van der Waals surface area (Å²) < 4.78 is 5.81. The van der Waals surface area contributed by atoms with Gasteiger partial charge < -0.3 is 4.74 Å². The minimum Gasteiger partial charge on any atom is -0.370 e. The van der Waals surface area contributed by atoms with Gasteiger partial charge in [0.25, 0.3) is 0 Å². The fourth-order valence-corrected chi connectivity index (χ4v) is 7.22. The smallest absolute Gasteiger partial charge is 0.0919 e. The standard InChI is InChI=1S/C20H30O.2C2H6/c1-13-3-6-18-17-5-4-14-11-20(12-21-20)10-8-15(14)16(17)7-9-19(13,18)2;2*1-2/h14-18H,1,3-12H2,2H3;2*1-2H3. The second kappa shape index (κ2) is 7.37. The van der Waals surface area contributed by atoms with Gasteiger partial charge in [0.1, 0.15) is 0 Å². The number of hydrogen-bond donors (Lipinski definition) is 0. The molecule has 1 saturated heterocycles. The lowest BCUT2D eigenvalue weighted by Gasteiger charge is -2.55. The minimum absolute atomic E-state index is 0.374. The first-order valence-electron chi connectivity index (χ1n) is 11.4. The highest BCUT2D eigenvalue weighted by Gasteiger charge is 2.58. The Hall–Kier alpha value is -0.300. The van der Waals surface area contributed by atoms with Crippen LogP contribution in [0.15, 0.2) is 12.2 Å². The molecule has 0 aromatic carbocycles. The van der Waals surface area contributed by atoms with Gasteiger partial charge in [-0.15, -0.1) is 0 Å². The molecule has 5 fully saturated rings. The number of hydrogen-bond acceptors (Lipinski definition) is 1. The number of ether oxygens (including phenoxy) is 1. The van der Waals surface area contributed by atoms with Gasteiger partial charge in [-0.1, -0.05) is 46.8 Å². The van der Waals surface area contributed by atoms with Gasteiger partial charge in [-0.05, 0) is 92.8 Å². The normalized spacial score (nSPS) is 49.6. The van der Waals surface area contributed by atoms with Gasteiger partial charge in [0.15, 0.2) is 0 Å². The van der Waals surface area contributed by atoms with Crippen LogP contribution in [0.4, 0.5) is 0 Å². The lowest BCUT2D eigenvalue weighted by molar-refractivity contribution is -0.0517. The third-order valence-electron chi connectivity index (χ3n) is 8.59. The molecule has 4 aliphatic carbocycles. The second-order valence-electron chi connectivity index (χ2n) is 9.25. The van der Waals surface area contributed by atoms with Gasteiger partial charge in [0, 0.05) is 0 Å². The van der Waals surface area contributed by atoms with Crippen LogP contribution >= 0.6 is 0 Å². The molecule has 0 bridgehead atoms. The molecule has 4 saturated carbocycles. The molecular weight excluding hydrogens is 304 g/mol. The van der Waals surface area contributed by atoms with Crippen LogP contribution < -0.4 is 0 Å². The average Bonchev–Trinajstić information content (AvgIpc) is 3.34. The van der Waals surface area contributed by atoms with Gasteiger partial charge >= 0.3 is 0 Å². The summed E-state index contributed by atoms with van der Waals surface area (Å²) in [5, 5.41) is 0.